The maximum absolute atomic E-state index is 12.8. The molecular formula is C20H24N4O6S2. The third-order valence-electron chi connectivity index (χ3n) is 4.71. The van der Waals surface area contributed by atoms with E-state index in [-0.39, 0.29) is 29.5 Å². The smallest absolute Gasteiger partial charge is 0.253 e. The van der Waals surface area contributed by atoms with Crippen LogP contribution in [0.3, 0.4) is 0 Å². The van der Waals surface area contributed by atoms with Gasteiger partial charge in [0.2, 0.25) is 26.0 Å². The lowest BCUT2D eigenvalue weighted by Crippen LogP contribution is -2.37. The molecule has 0 bridgehead atoms. The summed E-state index contributed by atoms with van der Waals surface area (Å²) in [6.45, 7) is 1.46. The van der Waals surface area contributed by atoms with E-state index in [1.807, 2.05) is 12.1 Å². The van der Waals surface area contributed by atoms with Crippen LogP contribution in [0.15, 0.2) is 42.5 Å². The summed E-state index contributed by atoms with van der Waals surface area (Å²) >= 11 is 0. The van der Waals surface area contributed by atoms with Crippen LogP contribution in [-0.2, 0) is 31.3 Å². The predicted octanol–water partition coefficient (Wildman–Crippen LogP) is 1.14. The Labute approximate surface area is 187 Å². The minimum absolute atomic E-state index is 0.00966. The molecule has 12 heteroatoms. The van der Waals surface area contributed by atoms with Crippen molar-refractivity contribution in [1.29, 1.82) is 0 Å². The Balaban J connectivity index is 1.73. The molecule has 32 heavy (non-hydrogen) atoms. The lowest BCUT2D eigenvalue weighted by Gasteiger charge is -2.20. The van der Waals surface area contributed by atoms with E-state index in [9.17, 15) is 26.4 Å². The maximum Gasteiger partial charge on any atom is 0.253 e. The summed E-state index contributed by atoms with van der Waals surface area (Å²) in [5, 5.41) is 5.04. The first-order valence-corrected chi connectivity index (χ1v) is 13.2. The van der Waals surface area contributed by atoms with Gasteiger partial charge in [0.05, 0.1) is 28.9 Å². The molecule has 0 fully saturated rings. The molecule has 3 N–H and O–H groups in total. The van der Waals surface area contributed by atoms with Crippen LogP contribution in [0.1, 0.15) is 22.8 Å². The summed E-state index contributed by atoms with van der Waals surface area (Å²) in [5.74, 6) is -1.37. The van der Waals surface area contributed by atoms with E-state index < -0.39 is 26.0 Å². The Morgan fingerprint density at radius 3 is 2.47 bits per heavy atom. The number of fused-ring (bicyclic) bond motifs is 1. The number of hydrogen-bond donors (Lipinski definition) is 3. The number of nitrogens with zero attached hydrogens (tertiary/aromatic N) is 1. The third-order valence-corrected chi connectivity index (χ3v) is 7.07. The molecular weight excluding hydrogens is 456 g/mol. The normalized spacial score (nSPS) is 13.4. The highest BCUT2D eigenvalue weighted by Crippen LogP contribution is 2.30. The molecule has 0 aliphatic carbocycles. The monoisotopic (exact) mass is 480 g/mol. The average molecular weight is 481 g/mol. The van der Waals surface area contributed by atoms with Gasteiger partial charge in [-0.1, -0.05) is 18.2 Å². The molecule has 0 spiro atoms. The van der Waals surface area contributed by atoms with Gasteiger partial charge in [-0.05, 0) is 36.2 Å². The van der Waals surface area contributed by atoms with Gasteiger partial charge in [0.15, 0.2) is 0 Å². The van der Waals surface area contributed by atoms with Crippen LogP contribution in [-0.4, -0.2) is 53.7 Å². The zero-order valence-electron chi connectivity index (χ0n) is 17.6. The molecule has 0 saturated carbocycles. The number of para-hydroxylation sites is 1. The number of carbonyl (C=O) groups excluding carboxylic acids is 2. The van der Waals surface area contributed by atoms with Crippen LogP contribution < -0.4 is 19.7 Å². The molecule has 0 saturated heterocycles. The average Bonchev–Trinajstić information content (AvgIpc) is 3.12. The first-order chi connectivity index (χ1) is 15.0. The molecule has 0 aromatic heterocycles. The fourth-order valence-electron chi connectivity index (χ4n) is 3.40. The zero-order valence-corrected chi connectivity index (χ0v) is 19.2. The lowest BCUT2D eigenvalue weighted by molar-refractivity contribution is -0.114. The van der Waals surface area contributed by atoms with Gasteiger partial charge in [-0.15, -0.1) is 0 Å². The van der Waals surface area contributed by atoms with E-state index in [0.29, 0.717) is 24.3 Å². The fourth-order valence-corrected chi connectivity index (χ4v) is 5.40. The van der Waals surface area contributed by atoms with Crippen LogP contribution in [0, 0.1) is 0 Å². The first-order valence-electron chi connectivity index (χ1n) is 9.72. The topological polar surface area (TPSA) is 142 Å². The Kier molecular flexibility index (Phi) is 6.74. The highest BCUT2D eigenvalue weighted by atomic mass is 32.2. The molecule has 10 nitrogen and oxygen atoms in total. The Hall–Kier alpha value is -3.12. The van der Waals surface area contributed by atoms with E-state index in [1.54, 1.807) is 12.1 Å². The van der Waals surface area contributed by atoms with Gasteiger partial charge in [-0.3, -0.25) is 18.6 Å². The van der Waals surface area contributed by atoms with Gasteiger partial charge in [0.25, 0.3) is 5.91 Å². The Morgan fingerprint density at radius 1 is 1.06 bits per heavy atom. The van der Waals surface area contributed by atoms with Gasteiger partial charge < -0.3 is 10.6 Å². The SMILES string of the molecule is CC(=O)Nc1ccc(NS(C)(=O)=O)c(C(=O)NCCS(=O)(=O)N2CCc3ccccc32)c1. The number of rotatable bonds is 8. The molecule has 1 heterocycles. The molecule has 3 rings (SSSR count). The molecule has 0 radical (unpaired) electrons. The van der Waals surface area contributed by atoms with Crippen molar-refractivity contribution in [3.05, 3.63) is 53.6 Å². The summed E-state index contributed by atoms with van der Waals surface area (Å²) in [5.41, 5.74) is 1.84. The van der Waals surface area contributed by atoms with Crippen molar-refractivity contribution in [2.45, 2.75) is 13.3 Å². The highest BCUT2D eigenvalue weighted by Gasteiger charge is 2.29. The first kappa shape index (κ1) is 23.5. The van der Waals surface area contributed by atoms with E-state index >= 15 is 0 Å². The molecule has 2 aromatic carbocycles. The van der Waals surface area contributed by atoms with Crippen molar-refractivity contribution in [3.8, 4) is 0 Å². The van der Waals surface area contributed by atoms with Crippen molar-refractivity contribution >= 4 is 48.9 Å². The summed E-state index contributed by atoms with van der Waals surface area (Å²) in [6.07, 6.45) is 1.56. The number of benzene rings is 2. The number of carbonyl (C=O) groups is 2. The minimum atomic E-state index is -3.67. The number of anilines is 3. The van der Waals surface area contributed by atoms with Crippen molar-refractivity contribution in [2.24, 2.45) is 0 Å². The van der Waals surface area contributed by atoms with Crippen molar-refractivity contribution in [1.82, 2.24) is 5.32 Å². The second-order valence-electron chi connectivity index (χ2n) is 7.34. The van der Waals surface area contributed by atoms with Gasteiger partial charge in [0, 0.05) is 25.7 Å². The van der Waals surface area contributed by atoms with Gasteiger partial charge in [-0.2, -0.15) is 0 Å². The van der Waals surface area contributed by atoms with Crippen LogP contribution >= 0.6 is 0 Å². The zero-order chi connectivity index (χ0) is 23.5. The van der Waals surface area contributed by atoms with Gasteiger partial charge in [0.1, 0.15) is 0 Å². The van der Waals surface area contributed by atoms with E-state index in [4.69, 9.17) is 0 Å². The second-order valence-corrected chi connectivity index (χ2v) is 11.1. The molecule has 0 unspecified atom stereocenters. The van der Waals surface area contributed by atoms with Gasteiger partial charge in [-0.25, -0.2) is 16.8 Å². The number of hydrogen-bond acceptors (Lipinski definition) is 6. The third kappa shape index (κ3) is 5.77. The van der Waals surface area contributed by atoms with Crippen molar-refractivity contribution in [2.75, 3.05) is 39.4 Å². The van der Waals surface area contributed by atoms with Crippen LogP contribution in [0.2, 0.25) is 0 Å². The number of sulfonamides is 2. The Bertz CT molecular complexity index is 1260. The molecule has 1 aliphatic heterocycles. The van der Waals surface area contributed by atoms with Crippen LogP contribution in [0.25, 0.3) is 0 Å². The van der Waals surface area contributed by atoms with Crippen molar-refractivity contribution in [3.63, 3.8) is 0 Å². The van der Waals surface area contributed by atoms with Crippen LogP contribution in [0.4, 0.5) is 17.1 Å². The van der Waals surface area contributed by atoms with Crippen LogP contribution in [0.5, 0.6) is 0 Å². The standard InChI is InChI=1S/C20H24N4O6S2/c1-14(25)22-16-7-8-18(23-31(2,27)28)17(13-16)20(26)21-10-12-32(29,30)24-11-9-15-5-3-4-6-19(15)24/h3-8,13,23H,9-12H2,1-2H3,(H,21,26)(H,22,25). The predicted molar refractivity (Wildman–Crippen MR) is 123 cm³/mol. The molecule has 1 aliphatic rings. The van der Waals surface area contributed by atoms with E-state index in [1.165, 1.54) is 29.4 Å². The molecule has 172 valence electrons. The summed E-state index contributed by atoms with van der Waals surface area (Å²) in [6, 6.07) is 11.4. The second kappa shape index (κ2) is 9.17. The molecule has 2 amide bonds. The summed E-state index contributed by atoms with van der Waals surface area (Å²) in [7, 11) is -7.34. The minimum Gasteiger partial charge on any atom is -0.351 e. The number of amides is 2. The van der Waals surface area contributed by atoms with Gasteiger partial charge >= 0.3 is 0 Å². The summed E-state index contributed by atoms with van der Waals surface area (Å²) in [4.78, 5) is 24.0. The quantitative estimate of drug-likeness (QED) is 0.517. The molecule has 2 aromatic rings. The maximum atomic E-state index is 12.8. The lowest BCUT2D eigenvalue weighted by atomic mass is 10.1. The van der Waals surface area contributed by atoms with E-state index in [2.05, 4.69) is 15.4 Å². The summed E-state index contributed by atoms with van der Waals surface area (Å²) < 4.78 is 52.4. The Morgan fingerprint density at radius 2 is 1.78 bits per heavy atom. The number of nitrogens with one attached hydrogen (secondary N) is 3. The largest absolute Gasteiger partial charge is 0.351 e. The fraction of sp³-hybridized carbons (Fsp3) is 0.300. The van der Waals surface area contributed by atoms with E-state index in [0.717, 1.165) is 11.8 Å². The highest BCUT2D eigenvalue weighted by molar-refractivity contribution is 7.92. The molecule has 0 atom stereocenters. The van der Waals surface area contributed by atoms with Crippen molar-refractivity contribution < 1.29 is 26.4 Å².